The second-order valence-corrected chi connectivity index (χ2v) is 7.44. The van der Waals surface area contributed by atoms with Gasteiger partial charge in [0.25, 0.3) is 5.69 Å². The van der Waals surface area contributed by atoms with E-state index in [0.717, 1.165) is 22.7 Å². The quantitative estimate of drug-likeness (QED) is 0.222. The second-order valence-electron chi connectivity index (χ2n) is 6.06. The number of hydrogen-bond acceptors (Lipinski definition) is 7. The van der Waals surface area contributed by atoms with E-state index in [-0.39, 0.29) is 22.2 Å². The molecule has 0 spiro atoms. The van der Waals surface area contributed by atoms with E-state index in [1.807, 2.05) is 24.3 Å². The van der Waals surface area contributed by atoms with E-state index in [2.05, 4.69) is 20.4 Å². The molecule has 1 N–H and O–H groups in total. The first-order valence-corrected chi connectivity index (χ1v) is 9.77. The van der Waals surface area contributed by atoms with E-state index in [4.69, 9.17) is 11.6 Å². The Morgan fingerprint density at radius 3 is 2.86 bits per heavy atom. The monoisotopic (exact) mass is 428 g/mol. The van der Waals surface area contributed by atoms with Crippen molar-refractivity contribution in [1.82, 2.24) is 19.6 Å². The van der Waals surface area contributed by atoms with Gasteiger partial charge in [-0.15, -0.1) is 5.10 Å². The highest BCUT2D eigenvalue weighted by molar-refractivity contribution is 7.99. The number of benzene rings is 2. The number of para-hydroxylation sites is 1. The van der Waals surface area contributed by atoms with Crippen LogP contribution < -0.4 is 5.32 Å². The summed E-state index contributed by atoms with van der Waals surface area (Å²) in [5.74, 6) is 0.158. The molecule has 4 rings (SSSR count). The van der Waals surface area contributed by atoms with Gasteiger partial charge in [-0.3, -0.25) is 14.9 Å². The van der Waals surface area contributed by atoms with Gasteiger partial charge in [-0.25, -0.2) is 9.97 Å². The van der Waals surface area contributed by atoms with Gasteiger partial charge >= 0.3 is 0 Å². The Hall–Kier alpha value is -3.24. The van der Waals surface area contributed by atoms with E-state index < -0.39 is 10.8 Å². The number of carbonyl (C=O) groups is 1. The lowest BCUT2D eigenvalue weighted by atomic mass is 10.2. The Kier molecular flexibility index (Phi) is 5.03. The van der Waals surface area contributed by atoms with Crippen LogP contribution in [0.3, 0.4) is 0 Å². The summed E-state index contributed by atoms with van der Waals surface area (Å²) in [6.45, 7) is 1.78. The summed E-state index contributed by atoms with van der Waals surface area (Å²) in [5, 5.41) is 19.7. The fourth-order valence-electron chi connectivity index (χ4n) is 2.80. The SMILES string of the molecule is Cc1nc2c3ccccc3nc(SCC(=O)Nc3ccc(Cl)cc3[N+](=O)[O-])n2n1. The van der Waals surface area contributed by atoms with Gasteiger partial charge in [0.2, 0.25) is 5.91 Å². The highest BCUT2D eigenvalue weighted by Gasteiger charge is 2.18. The van der Waals surface area contributed by atoms with Crippen LogP contribution in [-0.4, -0.2) is 36.2 Å². The van der Waals surface area contributed by atoms with Gasteiger partial charge in [-0.1, -0.05) is 35.5 Å². The predicted molar refractivity (Wildman–Crippen MR) is 110 cm³/mol. The van der Waals surface area contributed by atoms with Gasteiger partial charge in [0.15, 0.2) is 10.8 Å². The number of rotatable bonds is 5. The number of nitro benzene ring substituents is 1. The van der Waals surface area contributed by atoms with Crippen LogP contribution in [0.1, 0.15) is 5.82 Å². The summed E-state index contributed by atoms with van der Waals surface area (Å²) >= 11 is 6.96. The fraction of sp³-hybridized carbons (Fsp3) is 0.111. The number of amides is 1. The van der Waals surface area contributed by atoms with Crippen molar-refractivity contribution in [2.24, 2.45) is 0 Å². The maximum absolute atomic E-state index is 12.4. The Morgan fingerprint density at radius 2 is 2.07 bits per heavy atom. The molecule has 0 aliphatic heterocycles. The van der Waals surface area contributed by atoms with Gasteiger partial charge in [-0.05, 0) is 31.2 Å². The molecule has 0 fully saturated rings. The molecule has 2 heterocycles. The number of hydrogen-bond donors (Lipinski definition) is 1. The molecule has 0 saturated carbocycles. The summed E-state index contributed by atoms with van der Waals surface area (Å²) in [4.78, 5) is 32.0. The number of carbonyl (C=O) groups excluding carboxylic acids is 1. The highest BCUT2D eigenvalue weighted by atomic mass is 35.5. The van der Waals surface area contributed by atoms with Gasteiger partial charge in [0.05, 0.1) is 16.2 Å². The van der Waals surface area contributed by atoms with Gasteiger partial charge in [0.1, 0.15) is 11.5 Å². The van der Waals surface area contributed by atoms with Crippen molar-refractivity contribution in [3.05, 3.63) is 63.4 Å². The molecule has 0 saturated heterocycles. The third kappa shape index (κ3) is 3.84. The van der Waals surface area contributed by atoms with E-state index >= 15 is 0 Å². The lowest BCUT2D eigenvalue weighted by molar-refractivity contribution is -0.383. The smallest absolute Gasteiger partial charge is 0.294 e. The zero-order chi connectivity index (χ0) is 20.5. The zero-order valence-electron chi connectivity index (χ0n) is 15.0. The minimum atomic E-state index is -0.596. The molecule has 4 aromatic rings. The van der Waals surface area contributed by atoms with Gasteiger partial charge < -0.3 is 5.32 Å². The Labute approximate surface area is 173 Å². The van der Waals surface area contributed by atoms with Crippen molar-refractivity contribution in [3.63, 3.8) is 0 Å². The minimum absolute atomic E-state index is 0.0148. The average molecular weight is 429 g/mol. The third-order valence-electron chi connectivity index (χ3n) is 4.02. The number of fused-ring (bicyclic) bond motifs is 3. The predicted octanol–water partition coefficient (Wildman–Crippen LogP) is 3.88. The molecule has 2 aromatic carbocycles. The van der Waals surface area contributed by atoms with E-state index in [1.54, 1.807) is 11.4 Å². The molecule has 146 valence electrons. The van der Waals surface area contributed by atoms with E-state index in [1.165, 1.54) is 18.2 Å². The van der Waals surface area contributed by atoms with Crippen LogP contribution in [0.25, 0.3) is 16.6 Å². The maximum Gasteiger partial charge on any atom is 0.294 e. The minimum Gasteiger partial charge on any atom is -0.320 e. The largest absolute Gasteiger partial charge is 0.320 e. The molecule has 2 aromatic heterocycles. The van der Waals surface area contributed by atoms with E-state index in [0.29, 0.717) is 16.6 Å². The summed E-state index contributed by atoms with van der Waals surface area (Å²) in [6, 6.07) is 11.6. The number of halogens is 1. The zero-order valence-corrected chi connectivity index (χ0v) is 16.6. The van der Waals surface area contributed by atoms with Crippen molar-refractivity contribution < 1.29 is 9.72 Å². The normalized spacial score (nSPS) is 11.1. The fourth-order valence-corrected chi connectivity index (χ4v) is 3.72. The second kappa shape index (κ2) is 7.64. The molecule has 0 aliphatic carbocycles. The number of nitrogens with one attached hydrogen (secondary N) is 1. The van der Waals surface area contributed by atoms with Crippen LogP contribution >= 0.6 is 23.4 Å². The van der Waals surface area contributed by atoms with Crippen LogP contribution in [0.15, 0.2) is 47.6 Å². The summed E-state index contributed by atoms with van der Waals surface area (Å²) in [5.41, 5.74) is 1.21. The van der Waals surface area contributed by atoms with Crippen molar-refractivity contribution in [2.75, 3.05) is 11.1 Å². The first-order chi connectivity index (χ1) is 13.9. The maximum atomic E-state index is 12.4. The van der Waals surface area contributed by atoms with Crippen LogP contribution in [0.4, 0.5) is 11.4 Å². The molecule has 9 nitrogen and oxygen atoms in total. The molecule has 11 heteroatoms. The molecule has 1 amide bonds. The van der Waals surface area contributed by atoms with Crippen molar-refractivity contribution >= 4 is 57.2 Å². The summed E-state index contributed by atoms with van der Waals surface area (Å²) in [6.07, 6.45) is 0. The van der Waals surface area contributed by atoms with Gasteiger partial charge in [-0.2, -0.15) is 4.52 Å². The van der Waals surface area contributed by atoms with E-state index in [9.17, 15) is 14.9 Å². The first kappa shape index (κ1) is 19.1. The molecule has 0 bridgehead atoms. The Balaban J connectivity index is 1.58. The van der Waals surface area contributed by atoms with Crippen LogP contribution in [0, 0.1) is 17.0 Å². The number of nitro groups is 1. The summed E-state index contributed by atoms with van der Waals surface area (Å²) in [7, 11) is 0. The molecule has 0 atom stereocenters. The average Bonchev–Trinajstić information content (AvgIpc) is 3.09. The number of aromatic nitrogens is 4. The van der Waals surface area contributed by atoms with Crippen molar-refractivity contribution in [3.8, 4) is 0 Å². The van der Waals surface area contributed by atoms with Crippen LogP contribution in [-0.2, 0) is 4.79 Å². The standard InChI is InChI=1S/C18H13ClN6O3S/c1-10-20-17-12-4-2-3-5-13(12)22-18(24(17)23-10)29-9-16(26)21-14-7-6-11(19)8-15(14)25(27)28/h2-8H,9H2,1H3,(H,21,26). The van der Waals surface area contributed by atoms with Gasteiger partial charge in [0, 0.05) is 16.5 Å². The number of thioether (sulfide) groups is 1. The third-order valence-corrected chi connectivity index (χ3v) is 5.18. The summed E-state index contributed by atoms with van der Waals surface area (Å²) < 4.78 is 1.60. The lowest BCUT2D eigenvalue weighted by Crippen LogP contribution is -2.15. The lowest BCUT2D eigenvalue weighted by Gasteiger charge is -2.08. The molecule has 0 unspecified atom stereocenters. The topological polar surface area (TPSA) is 115 Å². The molecule has 29 heavy (non-hydrogen) atoms. The van der Waals surface area contributed by atoms with Crippen molar-refractivity contribution in [1.29, 1.82) is 0 Å². The molecule has 0 radical (unpaired) electrons. The number of anilines is 1. The highest BCUT2D eigenvalue weighted by Crippen LogP contribution is 2.28. The Morgan fingerprint density at radius 1 is 1.28 bits per heavy atom. The first-order valence-electron chi connectivity index (χ1n) is 8.41. The molecule has 0 aliphatic rings. The van der Waals surface area contributed by atoms with Crippen LogP contribution in [0.2, 0.25) is 5.02 Å². The van der Waals surface area contributed by atoms with Crippen LogP contribution in [0.5, 0.6) is 0 Å². The molecular formula is C18H13ClN6O3S. The number of aryl methyl sites for hydroxylation is 1. The van der Waals surface area contributed by atoms with Crippen molar-refractivity contribution in [2.45, 2.75) is 12.1 Å². The number of nitrogens with zero attached hydrogens (tertiary/aromatic N) is 5. The Bertz CT molecular complexity index is 1280. The molecular weight excluding hydrogens is 416 g/mol.